The van der Waals surface area contributed by atoms with Gasteiger partial charge in [0.25, 0.3) is 0 Å². The molecular formula is C14H24N4. The second-order valence-corrected chi connectivity index (χ2v) is 6.10. The number of aryl methyl sites for hydroxylation is 1. The van der Waals surface area contributed by atoms with Gasteiger partial charge in [-0.1, -0.05) is 32.1 Å². The Bertz CT molecular complexity index is 411. The molecule has 2 aliphatic rings. The molecule has 2 aliphatic carbocycles. The van der Waals surface area contributed by atoms with Crippen LogP contribution in [0.5, 0.6) is 0 Å². The maximum Gasteiger partial charge on any atom is 0.153 e. The van der Waals surface area contributed by atoms with Crippen molar-refractivity contribution in [1.82, 2.24) is 14.8 Å². The molecule has 0 unspecified atom stereocenters. The van der Waals surface area contributed by atoms with E-state index in [-0.39, 0.29) is 5.54 Å². The largest absolute Gasteiger partial charge is 0.319 e. The van der Waals surface area contributed by atoms with Gasteiger partial charge in [-0.15, -0.1) is 10.2 Å². The van der Waals surface area contributed by atoms with Gasteiger partial charge in [-0.05, 0) is 32.6 Å². The summed E-state index contributed by atoms with van der Waals surface area (Å²) in [7, 11) is 0. The predicted molar refractivity (Wildman–Crippen MR) is 71.2 cm³/mol. The quantitative estimate of drug-likeness (QED) is 0.875. The molecular weight excluding hydrogens is 224 g/mol. The minimum atomic E-state index is -0.220. The highest BCUT2D eigenvalue weighted by Gasteiger charge is 2.36. The Hall–Kier alpha value is -0.900. The topological polar surface area (TPSA) is 56.7 Å². The first-order valence-electron chi connectivity index (χ1n) is 7.41. The van der Waals surface area contributed by atoms with Crippen LogP contribution < -0.4 is 5.73 Å². The molecule has 1 aromatic rings. The molecule has 0 radical (unpaired) electrons. The lowest BCUT2D eigenvalue weighted by Gasteiger charge is -2.34. The van der Waals surface area contributed by atoms with E-state index < -0.39 is 0 Å². The van der Waals surface area contributed by atoms with Crippen LogP contribution in [0.2, 0.25) is 0 Å². The minimum Gasteiger partial charge on any atom is -0.319 e. The van der Waals surface area contributed by atoms with E-state index in [1.54, 1.807) is 0 Å². The van der Waals surface area contributed by atoms with Crippen molar-refractivity contribution in [3.63, 3.8) is 0 Å². The SMILES string of the molecule is Cc1nnc(C2(N)CCCCC2)n1C1CCCC1. The lowest BCUT2D eigenvalue weighted by molar-refractivity contribution is 0.269. The number of rotatable bonds is 2. The van der Waals surface area contributed by atoms with Crippen molar-refractivity contribution in [2.75, 3.05) is 0 Å². The van der Waals surface area contributed by atoms with Crippen molar-refractivity contribution in [1.29, 1.82) is 0 Å². The van der Waals surface area contributed by atoms with E-state index in [0.29, 0.717) is 6.04 Å². The van der Waals surface area contributed by atoms with Crippen molar-refractivity contribution in [2.24, 2.45) is 5.73 Å². The predicted octanol–water partition coefficient (Wildman–Crippen LogP) is 2.82. The fraction of sp³-hybridized carbons (Fsp3) is 0.857. The van der Waals surface area contributed by atoms with Crippen LogP contribution in [-0.2, 0) is 5.54 Å². The van der Waals surface area contributed by atoms with Crippen LogP contribution >= 0.6 is 0 Å². The summed E-state index contributed by atoms with van der Waals surface area (Å²) in [6.07, 6.45) is 11.1. The van der Waals surface area contributed by atoms with Crippen molar-refractivity contribution < 1.29 is 0 Å². The first-order chi connectivity index (χ1) is 8.71. The van der Waals surface area contributed by atoms with Crippen molar-refractivity contribution in [3.8, 4) is 0 Å². The lowest BCUT2D eigenvalue weighted by atomic mass is 9.81. The zero-order valence-corrected chi connectivity index (χ0v) is 11.4. The van der Waals surface area contributed by atoms with Gasteiger partial charge in [0, 0.05) is 6.04 Å². The molecule has 0 spiro atoms. The molecule has 4 nitrogen and oxygen atoms in total. The van der Waals surface area contributed by atoms with E-state index in [9.17, 15) is 0 Å². The lowest BCUT2D eigenvalue weighted by Crippen LogP contribution is -2.41. The fourth-order valence-electron chi connectivity index (χ4n) is 3.71. The van der Waals surface area contributed by atoms with Crippen LogP contribution in [0.15, 0.2) is 0 Å². The second-order valence-electron chi connectivity index (χ2n) is 6.10. The molecule has 0 atom stereocenters. The molecule has 0 aliphatic heterocycles. The molecule has 3 rings (SSSR count). The zero-order chi connectivity index (χ0) is 12.6. The van der Waals surface area contributed by atoms with Crippen LogP contribution in [0.25, 0.3) is 0 Å². The van der Waals surface area contributed by atoms with E-state index >= 15 is 0 Å². The van der Waals surface area contributed by atoms with Gasteiger partial charge in [0.15, 0.2) is 5.82 Å². The number of nitrogens with two attached hydrogens (primary N) is 1. The standard InChI is InChI=1S/C14H24N4/c1-11-16-17-13(14(15)9-5-2-6-10-14)18(11)12-7-3-4-8-12/h12H,2-10,15H2,1H3. The Morgan fingerprint density at radius 3 is 2.39 bits per heavy atom. The first-order valence-corrected chi connectivity index (χ1v) is 7.41. The summed E-state index contributed by atoms with van der Waals surface area (Å²) in [6, 6.07) is 0.595. The highest BCUT2D eigenvalue weighted by molar-refractivity contribution is 5.11. The number of hydrogen-bond donors (Lipinski definition) is 1. The van der Waals surface area contributed by atoms with Crippen molar-refractivity contribution >= 4 is 0 Å². The summed E-state index contributed by atoms with van der Waals surface area (Å²) in [5.74, 6) is 2.11. The minimum absolute atomic E-state index is 0.220. The first kappa shape index (κ1) is 12.2. The summed E-state index contributed by atoms with van der Waals surface area (Å²) in [4.78, 5) is 0. The molecule has 0 saturated heterocycles. The van der Waals surface area contributed by atoms with Crippen LogP contribution in [0.3, 0.4) is 0 Å². The molecule has 2 fully saturated rings. The highest BCUT2D eigenvalue weighted by atomic mass is 15.3. The molecule has 18 heavy (non-hydrogen) atoms. The summed E-state index contributed by atoms with van der Waals surface area (Å²) in [6.45, 7) is 2.07. The molecule has 2 N–H and O–H groups in total. The van der Waals surface area contributed by atoms with Gasteiger partial charge < -0.3 is 10.3 Å². The van der Waals surface area contributed by atoms with Gasteiger partial charge >= 0.3 is 0 Å². The maximum absolute atomic E-state index is 6.64. The Morgan fingerprint density at radius 2 is 1.72 bits per heavy atom. The average molecular weight is 248 g/mol. The van der Waals surface area contributed by atoms with Crippen molar-refractivity contribution in [2.45, 2.75) is 76.3 Å². The average Bonchev–Trinajstić information content (AvgIpc) is 2.98. The van der Waals surface area contributed by atoms with E-state index in [1.807, 2.05) is 0 Å². The Labute approximate surface area is 109 Å². The summed E-state index contributed by atoms with van der Waals surface area (Å²) >= 11 is 0. The summed E-state index contributed by atoms with van der Waals surface area (Å²) in [5.41, 5.74) is 6.42. The van der Waals surface area contributed by atoms with Gasteiger partial charge in [0.1, 0.15) is 5.82 Å². The third-order valence-electron chi connectivity index (χ3n) is 4.75. The van der Waals surface area contributed by atoms with Crippen LogP contribution in [0.4, 0.5) is 0 Å². The normalized spacial score (nSPS) is 24.6. The molecule has 1 aromatic heterocycles. The third-order valence-corrected chi connectivity index (χ3v) is 4.75. The molecule has 0 bridgehead atoms. The molecule has 2 saturated carbocycles. The molecule has 0 aromatic carbocycles. The highest BCUT2D eigenvalue weighted by Crippen LogP contribution is 2.38. The maximum atomic E-state index is 6.64. The molecule has 100 valence electrons. The van der Waals surface area contributed by atoms with Crippen LogP contribution in [0.1, 0.15) is 75.5 Å². The van der Waals surface area contributed by atoms with Crippen LogP contribution in [0, 0.1) is 6.92 Å². The van der Waals surface area contributed by atoms with E-state index in [2.05, 4.69) is 21.7 Å². The number of hydrogen-bond acceptors (Lipinski definition) is 3. The third kappa shape index (κ3) is 1.96. The Kier molecular flexibility index (Phi) is 3.14. The van der Waals surface area contributed by atoms with Gasteiger partial charge in [-0.3, -0.25) is 0 Å². The Morgan fingerprint density at radius 1 is 1.06 bits per heavy atom. The number of aromatic nitrogens is 3. The smallest absolute Gasteiger partial charge is 0.153 e. The van der Waals surface area contributed by atoms with Gasteiger partial charge in [-0.2, -0.15) is 0 Å². The fourth-order valence-corrected chi connectivity index (χ4v) is 3.71. The van der Waals surface area contributed by atoms with Gasteiger partial charge in [0.2, 0.25) is 0 Å². The summed E-state index contributed by atoms with van der Waals surface area (Å²) < 4.78 is 2.36. The van der Waals surface area contributed by atoms with Crippen molar-refractivity contribution in [3.05, 3.63) is 11.6 Å². The molecule has 1 heterocycles. The van der Waals surface area contributed by atoms with Gasteiger partial charge in [-0.25, -0.2) is 0 Å². The zero-order valence-electron chi connectivity index (χ0n) is 11.4. The van der Waals surface area contributed by atoms with E-state index in [4.69, 9.17) is 5.73 Å². The Balaban J connectivity index is 1.96. The molecule has 4 heteroatoms. The van der Waals surface area contributed by atoms with E-state index in [0.717, 1.165) is 24.5 Å². The van der Waals surface area contributed by atoms with E-state index in [1.165, 1.54) is 44.9 Å². The number of nitrogens with zero attached hydrogens (tertiary/aromatic N) is 3. The monoisotopic (exact) mass is 248 g/mol. The van der Waals surface area contributed by atoms with Gasteiger partial charge in [0.05, 0.1) is 5.54 Å². The second kappa shape index (κ2) is 4.65. The molecule has 0 amide bonds. The van der Waals surface area contributed by atoms with Crippen LogP contribution in [-0.4, -0.2) is 14.8 Å². The summed E-state index contributed by atoms with van der Waals surface area (Å²) in [5, 5.41) is 8.76.